The van der Waals surface area contributed by atoms with E-state index in [9.17, 15) is 13.2 Å². The van der Waals surface area contributed by atoms with Crippen LogP contribution < -0.4 is 0 Å². The lowest BCUT2D eigenvalue weighted by Gasteiger charge is -2.26. The van der Waals surface area contributed by atoms with Gasteiger partial charge in [-0.15, -0.1) is 0 Å². The topological polar surface area (TPSA) is 67.6 Å². The number of sulfone groups is 1. The van der Waals surface area contributed by atoms with Crippen molar-refractivity contribution in [3.63, 3.8) is 0 Å². The van der Waals surface area contributed by atoms with Crippen molar-refractivity contribution in [1.29, 1.82) is 0 Å². The Balaban J connectivity index is 1.55. The molecular weight excluding hydrogens is 434 g/mol. The maximum absolute atomic E-state index is 13.0. The van der Waals surface area contributed by atoms with Gasteiger partial charge in [0.15, 0.2) is 9.84 Å². The lowest BCUT2D eigenvalue weighted by atomic mass is 10.1. The van der Waals surface area contributed by atoms with E-state index in [4.69, 9.17) is 16.0 Å². The van der Waals surface area contributed by atoms with Gasteiger partial charge in [0.25, 0.3) is 0 Å². The monoisotopic (exact) mass is 455 g/mol. The van der Waals surface area contributed by atoms with Gasteiger partial charge in [-0.25, -0.2) is 8.42 Å². The molecule has 160 valence electrons. The third kappa shape index (κ3) is 5.46. The van der Waals surface area contributed by atoms with E-state index in [0.717, 1.165) is 11.1 Å². The van der Waals surface area contributed by atoms with Gasteiger partial charge < -0.3 is 9.32 Å². The minimum Gasteiger partial charge on any atom is -0.459 e. The average molecular weight is 456 g/mol. The fourth-order valence-corrected chi connectivity index (χ4v) is 5.49. The number of amides is 1. The lowest BCUT2D eigenvalue weighted by Crippen LogP contribution is -2.39. The molecule has 0 bridgehead atoms. The molecule has 0 unspecified atom stereocenters. The van der Waals surface area contributed by atoms with Crippen molar-refractivity contribution >= 4 is 33.4 Å². The first-order valence-corrected chi connectivity index (χ1v) is 12.2. The van der Waals surface area contributed by atoms with Crippen LogP contribution in [0, 0.1) is 0 Å². The molecule has 31 heavy (non-hydrogen) atoms. The van der Waals surface area contributed by atoms with Gasteiger partial charge in [-0.05, 0) is 54.5 Å². The summed E-state index contributed by atoms with van der Waals surface area (Å²) in [7, 11) is -3.14. The lowest BCUT2D eigenvalue weighted by molar-refractivity contribution is -0.128. The van der Waals surface area contributed by atoms with Crippen LogP contribution in [0.3, 0.4) is 0 Å². The van der Waals surface area contributed by atoms with Gasteiger partial charge in [-0.3, -0.25) is 4.79 Å². The molecule has 1 fully saturated rings. The van der Waals surface area contributed by atoms with E-state index in [1.807, 2.05) is 54.6 Å². The average Bonchev–Trinajstić information content (AvgIpc) is 3.37. The number of carbonyl (C=O) groups excluding carboxylic acids is 1. The van der Waals surface area contributed by atoms with E-state index in [1.54, 1.807) is 23.1 Å². The third-order valence-electron chi connectivity index (χ3n) is 5.27. The zero-order valence-electron chi connectivity index (χ0n) is 16.8. The molecule has 1 amide bonds. The molecule has 0 radical (unpaired) electrons. The zero-order valence-corrected chi connectivity index (χ0v) is 18.4. The first-order chi connectivity index (χ1) is 14.9. The molecular formula is C24H22ClNO4S. The minimum atomic E-state index is -3.14. The van der Waals surface area contributed by atoms with Gasteiger partial charge in [-0.2, -0.15) is 0 Å². The Hall–Kier alpha value is -2.83. The molecule has 7 heteroatoms. The molecule has 1 aromatic heterocycles. The normalized spacial score (nSPS) is 17.8. The molecule has 0 aliphatic carbocycles. The van der Waals surface area contributed by atoms with Gasteiger partial charge in [-0.1, -0.05) is 41.9 Å². The molecule has 1 saturated heterocycles. The third-order valence-corrected chi connectivity index (χ3v) is 7.27. The van der Waals surface area contributed by atoms with E-state index >= 15 is 0 Å². The van der Waals surface area contributed by atoms with Crippen molar-refractivity contribution in [2.45, 2.75) is 19.0 Å². The highest BCUT2D eigenvalue weighted by Crippen LogP contribution is 2.26. The van der Waals surface area contributed by atoms with Crippen LogP contribution in [-0.4, -0.2) is 36.8 Å². The summed E-state index contributed by atoms with van der Waals surface area (Å²) in [5, 5.41) is 0.639. The summed E-state index contributed by atoms with van der Waals surface area (Å²) in [5.41, 5.74) is 1.78. The number of hydrogen-bond acceptors (Lipinski definition) is 4. The molecule has 0 N–H and O–H groups in total. The first kappa shape index (κ1) is 21.4. The minimum absolute atomic E-state index is 0.0251. The second-order valence-corrected chi connectivity index (χ2v) is 10.2. The zero-order chi connectivity index (χ0) is 21.8. The molecule has 3 aromatic rings. The molecule has 2 heterocycles. The fourth-order valence-electron chi connectivity index (χ4n) is 3.64. The van der Waals surface area contributed by atoms with Crippen LogP contribution in [0.2, 0.25) is 5.02 Å². The maximum Gasteiger partial charge on any atom is 0.247 e. The van der Waals surface area contributed by atoms with Crippen LogP contribution in [0.1, 0.15) is 17.7 Å². The Morgan fingerprint density at radius 1 is 1.06 bits per heavy atom. The number of furan rings is 1. The number of hydrogen-bond donors (Lipinski definition) is 0. The Morgan fingerprint density at radius 2 is 1.81 bits per heavy atom. The van der Waals surface area contributed by atoms with Crippen molar-refractivity contribution in [2.75, 3.05) is 11.5 Å². The summed E-state index contributed by atoms with van der Waals surface area (Å²) in [6, 6.07) is 20.1. The standard InChI is InChI=1S/C24H22ClNO4S/c25-20-9-7-19(8-10-20)23-12-11-22(30-23)16-26(21-14-15-31(28,29)17-21)24(27)13-6-18-4-2-1-3-5-18/h1-13,21H,14-17H2/b13-6+/t21-/m1/s1. The van der Waals surface area contributed by atoms with Crippen molar-refractivity contribution in [2.24, 2.45) is 0 Å². The fraction of sp³-hybridized carbons (Fsp3) is 0.208. The largest absolute Gasteiger partial charge is 0.459 e. The Labute approximate surface area is 186 Å². The molecule has 5 nitrogen and oxygen atoms in total. The number of rotatable bonds is 6. The SMILES string of the molecule is O=C(/C=C/c1ccccc1)N(Cc1ccc(-c2ccc(Cl)cc2)o1)[C@@H]1CCS(=O)(=O)C1. The van der Waals surface area contributed by atoms with Gasteiger partial charge in [0, 0.05) is 22.7 Å². The summed E-state index contributed by atoms with van der Waals surface area (Å²) in [6.45, 7) is 0.200. The Bertz CT molecular complexity index is 1180. The molecule has 1 atom stereocenters. The Kier molecular flexibility index (Phi) is 6.30. The molecule has 0 spiro atoms. The second-order valence-electron chi connectivity index (χ2n) is 7.54. The highest BCUT2D eigenvalue weighted by Gasteiger charge is 2.34. The highest BCUT2D eigenvalue weighted by atomic mass is 35.5. The summed E-state index contributed by atoms with van der Waals surface area (Å²) in [5.74, 6) is 1.09. The van der Waals surface area contributed by atoms with Crippen LogP contribution in [0.25, 0.3) is 17.4 Å². The number of benzene rings is 2. The number of halogens is 1. The number of carbonyl (C=O) groups is 1. The van der Waals surface area contributed by atoms with E-state index in [-0.39, 0.29) is 30.0 Å². The van der Waals surface area contributed by atoms with Crippen molar-refractivity contribution in [1.82, 2.24) is 4.90 Å². The van der Waals surface area contributed by atoms with Gasteiger partial charge in [0.2, 0.25) is 5.91 Å². The highest BCUT2D eigenvalue weighted by molar-refractivity contribution is 7.91. The number of nitrogens with zero attached hydrogens (tertiary/aromatic N) is 1. The van der Waals surface area contributed by atoms with Crippen molar-refractivity contribution < 1.29 is 17.6 Å². The van der Waals surface area contributed by atoms with E-state index in [1.165, 1.54) is 6.08 Å². The van der Waals surface area contributed by atoms with Gasteiger partial charge in [0.1, 0.15) is 11.5 Å². The molecule has 0 saturated carbocycles. The summed E-state index contributed by atoms with van der Waals surface area (Å²) in [6.07, 6.45) is 3.65. The quantitative estimate of drug-likeness (QED) is 0.499. The van der Waals surface area contributed by atoms with Crippen LogP contribution in [0.5, 0.6) is 0 Å². The van der Waals surface area contributed by atoms with E-state index < -0.39 is 9.84 Å². The van der Waals surface area contributed by atoms with E-state index in [0.29, 0.717) is 23.0 Å². The van der Waals surface area contributed by atoms with Gasteiger partial charge >= 0.3 is 0 Å². The van der Waals surface area contributed by atoms with Gasteiger partial charge in [0.05, 0.1) is 18.1 Å². The van der Waals surface area contributed by atoms with Crippen LogP contribution in [0.15, 0.2) is 77.2 Å². The summed E-state index contributed by atoms with van der Waals surface area (Å²) in [4.78, 5) is 14.6. The van der Waals surface area contributed by atoms with Crippen LogP contribution >= 0.6 is 11.6 Å². The smallest absolute Gasteiger partial charge is 0.247 e. The maximum atomic E-state index is 13.0. The Morgan fingerprint density at radius 3 is 2.48 bits per heavy atom. The predicted octanol–water partition coefficient (Wildman–Crippen LogP) is 4.83. The molecule has 1 aliphatic rings. The summed E-state index contributed by atoms with van der Waals surface area (Å²) < 4.78 is 30.0. The van der Waals surface area contributed by atoms with Crippen LogP contribution in [-0.2, 0) is 21.2 Å². The van der Waals surface area contributed by atoms with E-state index in [2.05, 4.69) is 0 Å². The van der Waals surface area contributed by atoms with Crippen LogP contribution in [0.4, 0.5) is 0 Å². The molecule has 1 aliphatic heterocycles. The molecule has 2 aromatic carbocycles. The van der Waals surface area contributed by atoms with Crippen molar-refractivity contribution in [3.05, 3.63) is 89.2 Å². The second kappa shape index (κ2) is 9.12. The summed E-state index contributed by atoms with van der Waals surface area (Å²) >= 11 is 5.95. The molecule has 4 rings (SSSR count). The van der Waals surface area contributed by atoms with Crippen molar-refractivity contribution in [3.8, 4) is 11.3 Å². The predicted molar refractivity (Wildman–Crippen MR) is 122 cm³/mol. The first-order valence-electron chi connectivity index (χ1n) is 9.98.